The fraction of sp³-hybridized carbons (Fsp3) is 0.510. The quantitative estimate of drug-likeness (QED) is 0.0546. The van der Waals surface area contributed by atoms with E-state index >= 15 is 0 Å². The number of carbonyl (C=O) groups is 1. The first kappa shape index (κ1) is 46.3. The number of fused-ring (bicyclic) bond motifs is 4. The van der Waals surface area contributed by atoms with Crippen LogP contribution in [0.15, 0.2) is 59.4 Å². The van der Waals surface area contributed by atoms with Gasteiger partial charge in [-0.1, -0.05) is 32.1 Å². The number of ether oxygens (including phenoxy) is 1. The van der Waals surface area contributed by atoms with Crippen LogP contribution in [0.4, 0.5) is 0 Å². The fourth-order valence-electron chi connectivity index (χ4n) is 9.36. The number of aryl methyl sites for hydroxylation is 4. The third-order valence-electron chi connectivity index (χ3n) is 14.0. The minimum Gasteiger partial charge on any atom is -0.506 e. The van der Waals surface area contributed by atoms with Gasteiger partial charge in [-0.25, -0.2) is 9.48 Å². The van der Waals surface area contributed by atoms with Crippen LogP contribution in [0.2, 0.25) is 18.1 Å². The summed E-state index contributed by atoms with van der Waals surface area (Å²) in [6.45, 7) is 18.1. The highest BCUT2D eigenvalue weighted by molar-refractivity contribution is 7.14. The van der Waals surface area contributed by atoms with E-state index in [0.29, 0.717) is 34.4 Å². The molecule has 12 nitrogen and oxygen atoms in total. The van der Waals surface area contributed by atoms with Gasteiger partial charge in [0.1, 0.15) is 17.4 Å². The van der Waals surface area contributed by atoms with Crippen LogP contribution in [0.5, 0.6) is 5.75 Å². The molecule has 4 N–H and O–H groups in total. The zero-order valence-electron chi connectivity index (χ0n) is 38.5. The number of nitrogens with zero attached hydrogens (tertiary/aromatic N) is 4. The number of aromatic hydroxyl groups is 1. The first-order chi connectivity index (χ1) is 30.4. The molecule has 2 aliphatic carbocycles. The number of esters is 1. The van der Waals surface area contributed by atoms with Crippen molar-refractivity contribution in [1.29, 1.82) is 0 Å². The maximum atomic E-state index is 13.7. The standard InChI is InChI=1S/C49H64N6O6S2Si/c1-30-13-22-42(62-30)49(59,43-23-14-31(2)63-43)47(58)60-34-17-15-33(16-18-34)54(6)25-10-26-55-46-38-12-9-11-35(38)32(27-39(46)52-53-55)28-50-29-41(61-64(7,8)48(3,4)5)36-19-21-40(56)45-37(36)20-24-44(57)51-45/h13-14,19-24,27,33-34,41,50,56,59H,9-12,15-18,25-26,28-29H2,1-8H3,(H,51,57)/t33-,34-,41-/m0/s1. The van der Waals surface area contributed by atoms with Crippen molar-refractivity contribution in [2.24, 2.45) is 0 Å². The van der Waals surface area contributed by atoms with Gasteiger partial charge in [0.15, 0.2) is 8.32 Å². The molecule has 6 aromatic rings. The maximum absolute atomic E-state index is 13.7. The van der Waals surface area contributed by atoms with Gasteiger partial charge in [0, 0.05) is 46.9 Å². The molecule has 0 saturated heterocycles. The molecule has 0 radical (unpaired) electrons. The molecule has 0 amide bonds. The van der Waals surface area contributed by atoms with Crippen LogP contribution in [-0.4, -0.2) is 81.7 Å². The average Bonchev–Trinajstić information content (AvgIpc) is 4.08. The number of pyridine rings is 1. The Labute approximate surface area is 385 Å². The second kappa shape index (κ2) is 18.6. The molecule has 1 saturated carbocycles. The number of aromatic amines is 1. The number of H-pyrrole nitrogens is 1. The van der Waals surface area contributed by atoms with Gasteiger partial charge >= 0.3 is 5.97 Å². The number of hydrogen-bond donors (Lipinski definition) is 4. The SMILES string of the molecule is Cc1ccc(C(O)(C(=O)O[C@H]2CC[C@H](N(C)CCCn3nnc4cc(CNC[C@H](O[Si](C)(C)C(C)(C)C)c5ccc(O)c6[nH]c(=O)ccc56)c5c(c43)CCC5)CC2)c2ccc(C)s2)s1. The van der Waals surface area contributed by atoms with Crippen molar-refractivity contribution in [2.45, 2.75) is 141 Å². The number of thiophene rings is 2. The summed E-state index contributed by atoms with van der Waals surface area (Å²) >= 11 is 2.87. The van der Waals surface area contributed by atoms with Gasteiger partial charge in [0.05, 0.1) is 26.9 Å². The average molecular weight is 925 g/mol. The largest absolute Gasteiger partial charge is 0.506 e. The van der Waals surface area contributed by atoms with Gasteiger partial charge < -0.3 is 34.6 Å². The Kier molecular flexibility index (Phi) is 13.4. The molecule has 0 aliphatic heterocycles. The molecule has 1 atom stereocenters. The van der Waals surface area contributed by atoms with E-state index in [-0.39, 0.29) is 28.6 Å². The van der Waals surface area contributed by atoms with Gasteiger partial charge in [0.2, 0.25) is 11.2 Å². The Hall–Kier alpha value is -4.22. The number of aromatic nitrogens is 4. The maximum Gasteiger partial charge on any atom is 0.349 e. The molecule has 4 heterocycles. The highest BCUT2D eigenvalue weighted by Crippen LogP contribution is 2.43. The van der Waals surface area contributed by atoms with Gasteiger partial charge in [-0.15, -0.1) is 27.8 Å². The van der Waals surface area contributed by atoms with Crippen LogP contribution in [-0.2, 0) is 45.5 Å². The van der Waals surface area contributed by atoms with E-state index in [1.54, 1.807) is 12.1 Å². The van der Waals surface area contributed by atoms with E-state index in [1.165, 1.54) is 45.4 Å². The van der Waals surface area contributed by atoms with Gasteiger partial charge in [-0.3, -0.25) is 4.79 Å². The lowest BCUT2D eigenvalue weighted by Gasteiger charge is -2.39. The minimum atomic E-state index is -2.23. The normalized spacial score (nSPS) is 17.7. The van der Waals surface area contributed by atoms with E-state index in [9.17, 15) is 19.8 Å². The van der Waals surface area contributed by atoms with Crippen LogP contribution in [0, 0.1) is 13.8 Å². The molecular formula is C49H64N6O6S2Si. The summed E-state index contributed by atoms with van der Waals surface area (Å²) in [5.74, 6) is -0.539. The predicted octanol–water partition coefficient (Wildman–Crippen LogP) is 9.17. The van der Waals surface area contributed by atoms with Crippen molar-refractivity contribution in [3.8, 4) is 5.75 Å². The molecule has 8 rings (SSSR count). The van der Waals surface area contributed by atoms with E-state index in [0.717, 1.165) is 96.2 Å². The van der Waals surface area contributed by atoms with Crippen LogP contribution >= 0.6 is 22.7 Å². The Bertz CT molecular complexity index is 2650. The van der Waals surface area contributed by atoms with Crippen molar-refractivity contribution >= 4 is 58.9 Å². The van der Waals surface area contributed by atoms with Crippen LogP contribution in [0.25, 0.3) is 21.9 Å². The lowest BCUT2D eigenvalue weighted by atomic mass is 9.91. The third kappa shape index (κ3) is 9.40. The monoisotopic (exact) mass is 924 g/mol. The molecule has 1 fully saturated rings. The summed E-state index contributed by atoms with van der Waals surface area (Å²) in [7, 11) is -0.0338. The third-order valence-corrected chi connectivity index (χ3v) is 20.7. The molecule has 2 aromatic carbocycles. The lowest BCUT2D eigenvalue weighted by Crippen LogP contribution is -2.43. The smallest absolute Gasteiger partial charge is 0.349 e. The molecule has 4 aromatic heterocycles. The van der Waals surface area contributed by atoms with Crippen LogP contribution in [0.1, 0.15) is 107 Å². The molecule has 342 valence electrons. The van der Waals surface area contributed by atoms with Gasteiger partial charge in [-0.05, 0) is 162 Å². The van der Waals surface area contributed by atoms with Crippen molar-refractivity contribution < 1.29 is 24.2 Å². The highest BCUT2D eigenvalue weighted by atomic mass is 32.1. The van der Waals surface area contributed by atoms with Gasteiger partial charge in [0.25, 0.3) is 0 Å². The van der Waals surface area contributed by atoms with Gasteiger partial charge in [-0.2, -0.15) is 0 Å². The molecule has 0 unspecified atom stereocenters. The summed E-state index contributed by atoms with van der Waals surface area (Å²) in [5.41, 5.74) is 5.38. The van der Waals surface area contributed by atoms with Crippen molar-refractivity contribution in [1.82, 2.24) is 30.2 Å². The molecule has 64 heavy (non-hydrogen) atoms. The zero-order valence-corrected chi connectivity index (χ0v) is 41.2. The van der Waals surface area contributed by atoms with Crippen molar-refractivity contribution in [3.05, 3.63) is 107 Å². The topological polar surface area (TPSA) is 155 Å². The molecular weight excluding hydrogens is 861 g/mol. The van der Waals surface area contributed by atoms with E-state index < -0.39 is 19.9 Å². The minimum absolute atomic E-state index is 0.0128. The first-order valence-electron chi connectivity index (χ1n) is 22.8. The Morgan fingerprint density at radius 1 is 1.00 bits per heavy atom. The summed E-state index contributed by atoms with van der Waals surface area (Å²) in [4.78, 5) is 34.5. The second-order valence-electron chi connectivity index (χ2n) is 19.5. The molecule has 0 bridgehead atoms. The number of carbonyl (C=O) groups excluding carboxylic acids is 1. The number of rotatable bonds is 16. The number of benzene rings is 2. The summed E-state index contributed by atoms with van der Waals surface area (Å²) in [5, 5.41) is 36.4. The zero-order chi connectivity index (χ0) is 45.6. The van der Waals surface area contributed by atoms with E-state index in [1.807, 2.05) is 44.2 Å². The number of phenols is 1. The van der Waals surface area contributed by atoms with E-state index in [4.69, 9.17) is 14.3 Å². The Morgan fingerprint density at radius 2 is 1.69 bits per heavy atom. The summed E-state index contributed by atoms with van der Waals surface area (Å²) in [6.07, 6.45) is 6.92. The second-order valence-corrected chi connectivity index (χ2v) is 26.8. The number of hydrogen-bond acceptors (Lipinski definition) is 12. The van der Waals surface area contributed by atoms with Crippen LogP contribution < -0.4 is 10.9 Å². The molecule has 2 aliphatic rings. The summed E-state index contributed by atoms with van der Waals surface area (Å²) < 4.78 is 15.3. The predicted molar refractivity (Wildman–Crippen MR) is 259 cm³/mol. The van der Waals surface area contributed by atoms with E-state index in [2.05, 4.69) is 72.1 Å². The van der Waals surface area contributed by atoms with Crippen LogP contribution in [0.3, 0.4) is 0 Å². The lowest BCUT2D eigenvalue weighted by molar-refractivity contribution is -0.169. The fourth-order valence-corrected chi connectivity index (χ4v) is 12.6. The van der Waals surface area contributed by atoms with Crippen molar-refractivity contribution in [3.63, 3.8) is 0 Å². The number of nitrogens with one attached hydrogen (secondary N) is 2. The molecule has 15 heteroatoms. The first-order valence-corrected chi connectivity index (χ1v) is 27.3. The Morgan fingerprint density at radius 3 is 2.34 bits per heavy atom. The number of aliphatic hydroxyl groups is 1. The summed E-state index contributed by atoms with van der Waals surface area (Å²) in [6, 6.07) is 17.0. The highest BCUT2D eigenvalue weighted by Gasteiger charge is 2.46. The number of phenolic OH excluding ortho intramolecular Hbond substituents is 1. The molecule has 0 spiro atoms. The Balaban J connectivity index is 0.884. The van der Waals surface area contributed by atoms with Crippen molar-refractivity contribution in [2.75, 3.05) is 20.1 Å².